The zero-order valence-electron chi connectivity index (χ0n) is 10.4. The first-order valence-electron chi connectivity index (χ1n) is 5.83. The van der Waals surface area contributed by atoms with Crippen LogP contribution in [0.3, 0.4) is 0 Å². The molecule has 1 N–H and O–H groups in total. The molecule has 1 aromatic carbocycles. The fourth-order valence-corrected chi connectivity index (χ4v) is 1.73. The second-order valence-electron chi connectivity index (χ2n) is 4.53. The van der Waals surface area contributed by atoms with Crippen LogP contribution in [0.2, 0.25) is 0 Å². The van der Waals surface area contributed by atoms with Crippen molar-refractivity contribution in [3.63, 3.8) is 0 Å². The SMILES string of the molecule is COc1ccc(C2=NC(CC(C)C)NO2)cc1. The lowest BCUT2D eigenvalue weighted by Crippen LogP contribution is -2.22. The second kappa shape index (κ2) is 5.19. The van der Waals surface area contributed by atoms with Crippen LogP contribution in [0.15, 0.2) is 29.3 Å². The van der Waals surface area contributed by atoms with E-state index in [1.807, 2.05) is 24.3 Å². The smallest absolute Gasteiger partial charge is 0.242 e. The normalized spacial score (nSPS) is 19.1. The standard InChI is InChI=1S/C13H18N2O2/c1-9(2)8-12-14-13(17-15-12)10-4-6-11(16-3)7-5-10/h4-7,9,12,15H,8H2,1-3H3. The number of hydrogen-bond acceptors (Lipinski definition) is 4. The molecular formula is C13H18N2O2. The Kier molecular flexibility index (Phi) is 3.64. The minimum atomic E-state index is 0.0621. The van der Waals surface area contributed by atoms with E-state index in [4.69, 9.17) is 9.57 Å². The van der Waals surface area contributed by atoms with Gasteiger partial charge in [-0.3, -0.25) is 0 Å². The third-order valence-electron chi connectivity index (χ3n) is 2.60. The number of hydroxylamine groups is 1. The Labute approximate surface area is 102 Å². The van der Waals surface area contributed by atoms with Gasteiger partial charge in [0.1, 0.15) is 11.9 Å². The summed E-state index contributed by atoms with van der Waals surface area (Å²) in [5, 5.41) is 0. The van der Waals surface area contributed by atoms with Crippen LogP contribution >= 0.6 is 0 Å². The first kappa shape index (κ1) is 11.9. The molecule has 1 heterocycles. The summed E-state index contributed by atoms with van der Waals surface area (Å²) in [6, 6.07) is 7.68. The van der Waals surface area contributed by atoms with Gasteiger partial charge in [-0.25, -0.2) is 4.99 Å². The summed E-state index contributed by atoms with van der Waals surface area (Å²) in [7, 11) is 1.65. The predicted molar refractivity (Wildman–Crippen MR) is 67.0 cm³/mol. The molecule has 1 atom stereocenters. The van der Waals surface area contributed by atoms with Gasteiger partial charge in [-0.05, 0) is 36.6 Å². The summed E-state index contributed by atoms with van der Waals surface area (Å²) >= 11 is 0. The van der Waals surface area contributed by atoms with Gasteiger partial charge in [-0.15, -0.1) is 5.48 Å². The fourth-order valence-electron chi connectivity index (χ4n) is 1.73. The molecule has 92 valence electrons. The highest BCUT2D eigenvalue weighted by atomic mass is 16.7. The number of nitrogens with zero attached hydrogens (tertiary/aromatic N) is 1. The largest absolute Gasteiger partial charge is 0.497 e. The zero-order valence-corrected chi connectivity index (χ0v) is 10.4. The molecule has 0 saturated heterocycles. The predicted octanol–water partition coefficient (Wildman–Crippen LogP) is 2.35. The van der Waals surface area contributed by atoms with E-state index in [0.717, 1.165) is 17.7 Å². The van der Waals surface area contributed by atoms with Gasteiger partial charge in [0.15, 0.2) is 0 Å². The lowest BCUT2D eigenvalue weighted by atomic mass is 10.1. The molecule has 0 aliphatic carbocycles. The van der Waals surface area contributed by atoms with Crippen LogP contribution in [-0.4, -0.2) is 19.2 Å². The minimum Gasteiger partial charge on any atom is -0.497 e. The van der Waals surface area contributed by atoms with Gasteiger partial charge in [0.2, 0.25) is 5.90 Å². The van der Waals surface area contributed by atoms with Crippen molar-refractivity contribution in [2.75, 3.05) is 7.11 Å². The van der Waals surface area contributed by atoms with Gasteiger partial charge >= 0.3 is 0 Å². The van der Waals surface area contributed by atoms with E-state index in [9.17, 15) is 0 Å². The highest BCUT2D eigenvalue weighted by Gasteiger charge is 2.20. The molecule has 0 aromatic heterocycles. The quantitative estimate of drug-likeness (QED) is 0.869. The Bertz CT molecular complexity index is 398. The molecule has 1 aliphatic heterocycles. The van der Waals surface area contributed by atoms with Crippen LogP contribution in [0, 0.1) is 5.92 Å². The average Bonchev–Trinajstić information content (AvgIpc) is 2.77. The number of ether oxygens (including phenoxy) is 1. The highest BCUT2D eigenvalue weighted by Crippen LogP contribution is 2.17. The molecule has 0 amide bonds. The Morgan fingerprint density at radius 1 is 1.35 bits per heavy atom. The topological polar surface area (TPSA) is 42.8 Å². The lowest BCUT2D eigenvalue weighted by Gasteiger charge is -2.07. The van der Waals surface area contributed by atoms with E-state index in [1.165, 1.54) is 0 Å². The third kappa shape index (κ3) is 2.97. The van der Waals surface area contributed by atoms with Crippen molar-refractivity contribution in [1.29, 1.82) is 0 Å². The van der Waals surface area contributed by atoms with Gasteiger partial charge in [-0.1, -0.05) is 13.8 Å². The van der Waals surface area contributed by atoms with Gasteiger partial charge < -0.3 is 9.57 Å². The van der Waals surface area contributed by atoms with Crippen molar-refractivity contribution in [2.45, 2.75) is 26.4 Å². The molecule has 0 bridgehead atoms. The zero-order chi connectivity index (χ0) is 12.3. The van der Waals surface area contributed by atoms with Crippen LogP contribution in [0.5, 0.6) is 5.75 Å². The molecule has 2 rings (SSSR count). The molecule has 0 fully saturated rings. The third-order valence-corrected chi connectivity index (χ3v) is 2.60. The van der Waals surface area contributed by atoms with Gasteiger partial charge in [0.25, 0.3) is 0 Å². The molecular weight excluding hydrogens is 216 g/mol. The van der Waals surface area contributed by atoms with Gasteiger partial charge in [-0.2, -0.15) is 0 Å². The lowest BCUT2D eigenvalue weighted by molar-refractivity contribution is 0.169. The number of rotatable bonds is 4. The van der Waals surface area contributed by atoms with Crippen molar-refractivity contribution in [3.05, 3.63) is 29.8 Å². The van der Waals surface area contributed by atoms with Crippen molar-refractivity contribution in [3.8, 4) is 5.75 Å². The Morgan fingerprint density at radius 3 is 2.65 bits per heavy atom. The first-order valence-corrected chi connectivity index (χ1v) is 5.83. The fraction of sp³-hybridized carbons (Fsp3) is 0.462. The molecule has 17 heavy (non-hydrogen) atoms. The number of hydrogen-bond donors (Lipinski definition) is 1. The Hall–Kier alpha value is -1.55. The molecule has 0 saturated carbocycles. The number of methoxy groups -OCH3 is 1. The summed E-state index contributed by atoms with van der Waals surface area (Å²) in [5.74, 6) is 2.08. The Morgan fingerprint density at radius 2 is 2.06 bits per heavy atom. The van der Waals surface area contributed by atoms with E-state index in [1.54, 1.807) is 7.11 Å². The second-order valence-corrected chi connectivity index (χ2v) is 4.53. The maximum absolute atomic E-state index is 5.39. The number of benzene rings is 1. The molecule has 1 unspecified atom stereocenters. The molecule has 1 aromatic rings. The van der Waals surface area contributed by atoms with Crippen LogP contribution in [0.4, 0.5) is 0 Å². The average molecular weight is 234 g/mol. The van der Waals surface area contributed by atoms with Crippen molar-refractivity contribution in [2.24, 2.45) is 10.9 Å². The molecule has 4 nitrogen and oxygen atoms in total. The molecule has 0 spiro atoms. The molecule has 4 heteroatoms. The highest BCUT2D eigenvalue weighted by molar-refractivity contribution is 5.94. The summed E-state index contributed by atoms with van der Waals surface area (Å²) in [5.41, 5.74) is 3.89. The van der Waals surface area contributed by atoms with Crippen LogP contribution < -0.4 is 10.2 Å². The maximum Gasteiger partial charge on any atom is 0.242 e. The van der Waals surface area contributed by atoms with Crippen molar-refractivity contribution in [1.82, 2.24) is 5.48 Å². The van der Waals surface area contributed by atoms with E-state index >= 15 is 0 Å². The van der Waals surface area contributed by atoms with Crippen LogP contribution in [-0.2, 0) is 4.84 Å². The summed E-state index contributed by atoms with van der Waals surface area (Å²) in [6.45, 7) is 4.34. The Balaban J connectivity index is 2.07. The van der Waals surface area contributed by atoms with E-state index in [-0.39, 0.29) is 6.17 Å². The van der Waals surface area contributed by atoms with Crippen molar-refractivity contribution < 1.29 is 9.57 Å². The van der Waals surface area contributed by atoms with E-state index in [0.29, 0.717) is 11.8 Å². The van der Waals surface area contributed by atoms with Crippen LogP contribution in [0.25, 0.3) is 0 Å². The first-order chi connectivity index (χ1) is 8.19. The maximum atomic E-state index is 5.39. The summed E-state index contributed by atoms with van der Waals surface area (Å²) in [4.78, 5) is 9.88. The minimum absolute atomic E-state index is 0.0621. The van der Waals surface area contributed by atoms with Crippen LogP contribution in [0.1, 0.15) is 25.8 Å². The summed E-state index contributed by atoms with van der Waals surface area (Å²) < 4.78 is 5.11. The van der Waals surface area contributed by atoms with Gasteiger partial charge in [0.05, 0.1) is 7.11 Å². The van der Waals surface area contributed by atoms with Gasteiger partial charge in [0, 0.05) is 5.56 Å². The van der Waals surface area contributed by atoms with E-state index in [2.05, 4.69) is 24.3 Å². The van der Waals surface area contributed by atoms with E-state index < -0.39 is 0 Å². The number of nitrogens with one attached hydrogen (secondary N) is 1. The number of aliphatic imine (C=N–C) groups is 1. The summed E-state index contributed by atoms with van der Waals surface area (Å²) in [6.07, 6.45) is 1.03. The van der Waals surface area contributed by atoms with Crippen molar-refractivity contribution >= 4 is 5.90 Å². The molecule has 0 radical (unpaired) electrons. The monoisotopic (exact) mass is 234 g/mol. The molecule has 1 aliphatic rings.